The predicted molar refractivity (Wildman–Crippen MR) is 87.7 cm³/mol. The van der Waals surface area contributed by atoms with Gasteiger partial charge in [0.05, 0.1) is 11.9 Å². The Kier molecular flexibility index (Phi) is 5.27. The molecule has 6 nitrogen and oxygen atoms in total. The van der Waals surface area contributed by atoms with Crippen molar-refractivity contribution in [2.24, 2.45) is 0 Å². The van der Waals surface area contributed by atoms with Crippen molar-refractivity contribution in [2.75, 3.05) is 0 Å². The Balaban J connectivity index is 1.70. The van der Waals surface area contributed by atoms with Gasteiger partial charge in [-0.15, -0.1) is 10.2 Å². The highest BCUT2D eigenvalue weighted by molar-refractivity contribution is 7.98. The lowest BCUT2D eigenvalue weighted by Gasteiger charge is -2.06. The summed E-state index contributed by atoms with van der Waals surface area (Å²) >= 11 is 1.45. The quantitative estimate of drug-likeness (QED) is 0.660. The molecule has 8 heteroatoms. The van der Waals surface area contributed by atoms with Gasteiger partial charge in [-0.05, 0) is 30.7 Å². The molecule has 2 heterocycles. The van der Waals surface area contributed by atoms with Crippen LogP contribution in [-0.2, 0) is 18.9 Å². The van der Waals surface area contributed by atoms with Crippen molar-refractivity contribution in [1.29, 1.82) is 0 Å². The third kappa shape index (κ3) is 3.65. The number of aliphatic hydroxyl groups excluding tert-OH is 1. The van der Waals surface area contributed by atoms with Crippen molar-refractivity contribution in [3.63, 3.8) is 0 Å². The zero-order chi connectivity index (χ0) is 16.9. The molecule has 0 saturated carbocycles. The van der Waals surface area contributed by atoms with Crippen LogP contribution in [-0.4, -0.2) is 24.9 Å². The Morgan fingerprint density at radius 3 is 2.75 bits per heavy atom. The number of hydrogen-bond acceptors (Lipinski definition) is 6. The molecule has 0 aliphatic carbocycles. The van der Waals surface area contributed by atoms with Gasteiger partial charge < -0.3 is 14.1 Å². The third-order valence-corrected chi connectivity index (χ3v) is 4.34. The highest BCUT2D eigenvalue weighted by Gasteiger charge is 2.13. The topological polar surface area (TPSA) is 77.0 Å². The lowest BCUT2D eigenvalue weighted by molar-refractivity contribution is 0.263. The number of aromatic nitrogens is 4. The van der Waals surface area contributed by atoms with Crippen molar-refractivity contribution < 1.29 is 13.9 Å². The maximum Gasteiger partial charge on any atom is 0.205 e. The summed E-state index contributed by atoms with van der Waals surface area (Å²) in [5, 5.41) is 18.1. The monoisotopic (exact) mass is 348 g/mol. The van der Waals surface area contributed by atoms with Crippen LogP contribution in [0.25, 0.3) is 11.3 Å². The second kappa shape index (κ2) is 7.59. The van der Waals surface area contributed by atoms with Gasteiger partial charge in [-0.25, -0.2) is 9.37 Å². The summed E-state index contributed by atoms with van der Waals surface area (Å²) in [5.41, 5.74) is 0.775. The standard InChI is InChI=1S/C16H17FN4O2S/c1-2-7-21-14(9-22)19-20-16(21)24-10-15-18-8-13(23-15)11-3-5-12(17)6-4-11/h3-6,8,22H,2,7,9-10H2,1H3. The average Bonchev–Trinajstić information content (AvgIpc) is 3.21. The highest BCUT2D eigenvalue weighted by Crippen LogP contribution is 2.25. The summed E-state index contributed by atoms with van der Waals surface area (Å²) in [5.74, 6) is 1.91. The molecule has 0 fully saturated rings. The first-order valence-corrected chi connectivity index (χ1v) is 8.56. The summed E-state index contributed by atoms with van der Waals surface area (Å²) in [6.07, 6.45) is 2.55. The molecule has 0 saturated heterocycles. The number of nitrogens with zero attached hydrogens (tertiary/aromatic N) is 4. The molecule has 24 heavy (non-hydrogen) atoms. The highest BCUT2D eigenvalue weighted by atomic mass is 32.2. The predicted octanol–water partition coefficient (Wildman–Crippen LogP) is 3.27. The first-order valence-electron chi connectivity index (χ1n) is 7.57. The van der Waals surface area contributed by atoms with Crippen molar-refractivity contribution in [3.05, 3.63) is 48.0 Å². The number of rotatable bonds is 7. The fourth-order valence-corrected chi connectivity index (χ4v) is 3.08. The van der Waals surface area contributed by atoms with Gasteiger partial charge in [0, 0.05) is 12.1 Å². The molecule has 0 amide bonds. The van der Waals surface area contributed by atoms with E-state index in [4.69, 9.17) is 4.42 Å². The van der Waals surface area contributed by atoms with Gasteiger partial charge in [0.15, 0.2) is 16.7 Å². The van der Waals surface area contributed by atoms with Crippen LogP contribution >= 0.6 is 11.8 Å². The molecule has 0 atom stereocenters. The van der Waals surface area contributed by atoms with Crippen LogP contribution in [0.4, 0.5) is 4.39 Å². The minimum Gasteiger partial charge on any atom is -0.440 e. The van der Waals surface area contributed by atoms with Crippen molar-refractivity contribution in [1.82, 2.24) is 19.7 Å². The zero-order valence-corrected chi connectivity index (χ0v) is 14.0. The molecule has 126 valence electrons. The smallest absolute Gasteiger partial charge is 0.205 e. The number of oxazole rings is 1. The van der Waals surface area contributed by atoms with Crippen LogP contribution in [0.1, 0.15) is 25.1 Å². The molecule has 3 rings (SSSR count). The summed E-state index contributed by atoms with van der Waals surface area (Å²) in [6, 6.07) is 6.07. The number of aliphatic hydroxyl groups is 1. The van der Waals surface area contributed by atoms with Crippen molar-refractivity contribution >= 4 is 11.8 Å². The Morgan fingerprint density at radius 1 is 1.25 bits per heavy atom. The molecule has 0 unspecified atom stereocenters. The maximum atomic E-state index is 13.0. The van der Waals surface area contributed by atoms with Crippen LogP contribution in [0.3, 0.4) is 0 Å². The van der Waals surface area contributed by atoms with Gasteiger partial charge >= 0.3 is 0 Å². The molecule has 2 aromatic heterocycles. The maximum absolute atomic E-state index is 13.0. The van der Waals surface area contributed by atoms with E-state index < -0.39 is 0 Å². The second-order valence-electron chi connectivity index (χ2n) is 5.12. The van der Waals surface area contributed by atoms with Gasteiger partial charge in [-0.2, -0.15) is 0 Å². The van der Waals surface area contributed by atoms with Crippen molar-refractivity contribution in [2.45, 2.75) is 37.4 Å². The van der Waals surface area contributed by atoms with E-state index in [1.165, 1.54) is 23.9 Å². The lowest BCUT2D eigenvalue weighted by Crippen LogP contribution is -2.04. The molecule has 0 aliphatic heterocycles. The molecule has 0 bridgehead atoms. The molecular formula is C16H17FN4O2S. The Morgan fingerprint density at radius 2 is 2.04 bits per heavy atom. The normalized spacial score (nSPS) is 11.1. The SMILES string of the molecule is CCCn1c(CO)nnc1SCc1ncc(-c2ccc(F)cc2)o1. The van der Waals surface area contributed by atoms with Crippen LogP contribution in [0, 0.1) is 5.82 Å². The Bertz CT molecular complexity index is 801. The van der Waals surface area contributed by atoms with E-state index in [-0.39, 0.29) is 12.4 Å². The second-order valence-corrected chi connectivity index (χ2v) is 6.06. The number of halogens is 1. The van der Waals surface area contributed by atoms with Crippen LogP contribution in [0.2, 0.25) is 0 Å². The fourth-order valence-electron chi connectivity index (χ4n) is 2.24. The zero-order valence-electron chi connectivity index (χ0n) is 13.1. The van der Waals surface area contributed by atoms with E-state index in [0.29, 0.717) is 23.2 Å². The summed E-state index contributed by atoms with van der Waals surface area (Å²) in [7, 11) is 0. The first-order chi connectivity index (χ1) is 11.7. The number of thioether (sulfide) groups is 1. The van der Waals surface area contributed by atoms with E-state index >= 15 is 0 Å². The van der Waals surface area contributed by atoms with Gasteiger partial charge in [0.25, 0.3) is 0 Å². The van der Waals surface area contributed by atoms with Crippen molar-refractivity contribution in [3.8, 4) is 11.3 Å². The Hall–Kier alpha value is -2.19. The number of benzene rings is 1. The molecule has 0 radical (unpaired) electrons. The van der Waals surface area contributed by atoms with E-state index in [2.05, 4.69) is 22.1 Å². The van der Waals surface area contributed by atoms with Gasteiger partial charge in [-0.3, -0.25) is 0 Å². The van der Waals surface area contributed by atoms with E-state index in [1.807, 2.05) is 4.57 Å². The molecule has 1 N–H and O–H groups in total. The van der Waals surface area contributed by atoms with E-state index in [9.17, 15) is 9.50 Å². The summed E-state index contributed by atoms with van der Waals surface area (Å²) in [4.78, 5) is 4.24. The molecule has 1 aromatic carbocycles. The Labute approximate surface area is 142 Å². The fraction of sp³-hybridized carbons (Fsp3) is 0.312. The van der Waals surface area contributed by atoms with E-state index in [1.54, 1.807) is 18.3 Å². The summed E-state index contributed by atoms with van der Waals surface area (Å²) < 4.78 is 20.6. The van der Waals surface area contributed by atoms with Gasteiger partial charge in [-0.1, -0.05) is 18.7 Å². The number of hydrogen-bond donors (Lipinski definition) is 1. The minimum atomic E-state index is -0.288. The first kappa shape index (κ1) is 16.7. The van der Waals surface area contributed by atoms with Crippen LogP contribution in [0.5, 0.6) is 0 Å². The third-order valence-electron chi connectivity index (χ3n) is 3.39. The molecule has 0 aliphatic rings. The summed E-state index contributed by atoms with van der Waals surface area (Å²) in [6.45, 7) is 2.66. The molecular weight excluding hydrogens is 331 g/mol. The van der Waals surface area contributed by atoms with Gasteiger partial charge in [0.2, 0.25) is 5.89 Å². The van der Waals surface area contributed by atoms with Crippen LogP contribution < -0.4 is 0 Å². The molecule has 0 spiro atoms. The largest absolute Gasteiger partial charge is 0.440 e. The van der Waals surface area contributed by atoms with E-state index in [0.717, 1.165) is 23.7 Å². The minimum absolute atomic E-state index is 0.138. The van der Waals surface area contributed by atoms with Gasteiger partial charge in [0.1, 0.15) is 12.4 Å². The average molecular weight is 348 g/mol. The van der Waals surface area contributed by atoms with Crippen LogP contribution in [0.15, 0.2) is 40.0 Å². The molecule has 3 aromatic rings. The lowest BCUT2D eigenvalue weighted by atomic mass is 10.2.